The molecule has 102 valence electrons. The number of hydrogen-bond acceptors (Lipinski definition) is 3. The monoisotopic (exact) mass is 263 g/mol. The molecule has 0 aliphatic rings. The second-order valence-electron chi connectivity index (χ2n) is 4.82. The van der Waals surface area contributed by atoms with Crippen LogP contribution in [0.25, 0.3) is 5.65 Å². The normalized spacial score (nSPS) is 11.4. The van der Waals surface area contributed by atoms with Gasteiger partial charge in [0.05, 0.1) is 5.69 Å². The van der Waals surface area contributed by atoms with Crippen molar-refractivity contribution in [2.45, 2.75) is 39.7 Å². The molecule has 0 atom stereocenters. The maximum Gasteiger partial charge on any atom is 0.352 e. The SMILES string of the molecule is CCCn1c(C(=O)O)cc(=O)n2nc(C(C)C)cc12. The molecule has 6 nitrogen and oxygen atoms in total. The lowest BCUT2D eigenvalue weighted by atomic mass is 10.1. The van der Waals surface area contributed by atoms with E-state index < -0.39 is 11.5 Å². The van der Waals surface area contributed by atoms with Gasteiger partial charge in [-0.05, 0) is 12.3 Å². The van der Waals surface area contributed by atoms with E-state index in [-0.39, 0.29) is 11.6 Å². The van der Waals surface area contributed by atoms with Gasteiger partial charge >= 0.3 is 5.97 Å². The minimum atomic E-state index is -1.10. The minimum absolute atomic E-state index is 0.00885. The molecule has 0 spiro atoms. The molecule has 0 aliphatic heterocycles. The van der Waals surface area contributed by atoms with E-state index in [2.05, 4.69) is 5.10 Å². The lowest BCUT2D eigenvalue weighted by Crippen LogP contribution is -2.23. The van der Waals surface area contributed by atoms with Gasteiger partial charge in [-0.25, -0.2) is 4.79 Å². The Balaban J connectivity index is 2.82. The first-order valence-corrected chi connectivity index (χ1v) is 6.32. The summed E-state index contributed by atoms with van der Waals surface area (Å²) in [7, 11) is 0. The van der Waals surface area contributed by atoms with E-state index in [1.165, 1.54) is 4.52 Å². The van der Waals surface area contributed by atoms with Crippen LogP contribution in [0.2, 0.25) is 0 Å². The second-order valence-corrected chi connectivity index (χ2v) is 4.82. The molecule has 6 heteroatoms. The number of aromatic nitrogens is 3. The third kappa shape index (κ3) is 2.25. The maximum atomic E-state index is 11.9. The second kappa shape index (κ2) is 4.87. The van der Waals surface area contributed by atoms with Crippen molar-refractivity contribution in [2.24, 2.45) is 0 Å². The number of hydrogen-bond donors (Lipinski definition) is 1. The zero-order valence-corrected chi connectivity index (χ0v) is 11.3. The van der Waals surface area contributed by atoms with E-state index >= 15 is 0 Å². The largest absolute Gasteiger partial charge is 0.477 e. The summed E-state index contributed by atoms with van der Waals surface area (Å²) in [5.41, 5.74) is 0.918. The van der Waals surface area contributed by atoms with Gasteiger partial charge in [0.2, 0.25) is 0 Å². The van der Waals surface area contributed by atoms with E-state index in [0.717, 1.165) is 18.2 Å². The fourth-order valence-corrected chi connectivity index (χ4v) is 2.04. The first kappa shape index (κ1) is 13.3. The van der Waals surface area contributed by atoms with Gasteiger partial charge in [-0.1, -0.05) is 20.8 Å². The summed E-state index contributed by atoms with van der Waals surface area (Å²) in [6, 6.07) is 2.91. The average Bonchev–Trinajstić information content (AvgIpc) is 2.78. The molecule has 0 aromatic carbocycles. The summed E-state index contributed by atoms with van der Waals surface area (Å²) in [5.74, 6) is -0.914. The molecule has 2 aromatic rings. The smallest absolute Gasteiger partial charge is 0.352 e. The van der Waals surface area contributed by atoms with Crippen molar-refractivity contribution >= 4 is 11.6 Å². The molecule has 0 fully saturated rings. The predicted molar refractivity (Wildman–Crippen MR) is 70.8 cm³/mol. The van der Waals surface area contributed by atoms with Crippen molar-refractivity contribution in [1.29, 1.82) is 0 Å². The fourth-order valence-electron chi connectivity index (χ4n) is 2.04. The summed E-state index contributed by atoms with van der Waals surface area (Å²) < 4.78 is 2.90. The van der Waals surface area contributed by atoms with Gasteiger partial charge in [-0.15, -0.1) is 0 Å². The Kier molecular flexibility index (Phi) is 3.42. The third-order valence-corrected chi connectivity index (χ3v) is 3.00. The van der Waals surface area contributed by atoms with Gasteiger partial charge in [0.1, 0.15) is 11.3 Å². The van der Waals surface area contributed by atoms with E-state index in [9.17, 15) is 14.7 Å². The van der Waals surface area contributed by atoms with E-state index in [1.807, 2.05) is 20.8 Å². The van der Waals surface area contributed by atoms with Gasteiger partial charge in [-0.3, -0.25) is 4.79 Å². The van der Waals surface area contributed by atoms with Crippen molar-refractivity contribution in [2.75, 3.05) is 0 Å². The molecule has 0 unspecified atom stereocenters. The van der Waals surface area contributed by atoms with Gasteiger partial charge in [0.15, 0.2) is 0 Å². The molecule has 19 heavy (non-hydrogen) atoms. The van der Waals surface area contributed by atoms with E-state index in [1.54, 1.807) is 10.6 Å². The van der Waals surface area contributed by atoms with Crippen molar-refractivity contribution in [3.05, 3.63) is 33.9 Å². The third-order valence-electron chi connectivity index (χ3n) is 3.00. The lowest BCUT2D eigenvalue weighted by molar-refractivity contribution is 0.0684. The zero-order chi connectivity index (χ0) is 14.2. The highest BCUT2D eigenvalue weighted by molar-refractivity contribution is 5.86. The number of aromatic carboxylic acids is 1. The molecular weight excluding hydrogens is 246 g/mol. The van der Waals surface area contributed by atoms with Crippen LogP contribution in [0.4, 0.5) is 0 Å². The van der Waals surface area contributed by atoms with Crippen molar-refractivity contribution in [3.63, 3.8) is 0 Å². The van der Waals surface area contributed by atoms with Crippen LogP contribution >= 0.6 is 0 Å². The van der Waals surface area contributed by atoms with Crippen molar-refractivity contribution < 1.29 is 9.90 Å². The molecule has 2 rings (SSSR count). The summed E-state index contributed by atoms with van der Waals surface area (Å²) in [4.78, 5) is 23.2. The van der Waals surface area contributed by atoms with Gasteiger partial charge < -0.3 is 9.67 Å². The number of aryl methyl sites for hydroxylation is 1. The maximum absolute atomic E-state index is 11.9. The first-order chi connectivity index (χ1) is 8.95. The van der Waals surface area contributed by atoms with Crippen LogP contribution in [0.15, 0.2) is 16.9 Å². The topological polar surface area (TPSA) is 76.6 Å². The highest BCUT2D eigenvalue weighted by Gasteiger charge is 2.17. The fraction of sp³-hybridized carbons (Fsp3) is 0.462. The first-order valence-electron chi connectivity index (χ1n) is 6.32. The number of fused-ring (bicyclic) bond motifs is 1. The Labute approximate surface area is 110 Å². The standard InChI is InChI=1S/C13H17N3O3/c1-4-5-15-10(13(18)19)7-12(17)16-11(15)6-9(14-16)8(2)3/h6-8H,4-5H2,1-3H3,(H,18,19). The Hall–Kier alpha value is -2.11. The molecule has 1 N–H and O–H groups in total. The van der Waals surface area contributed by atoms with E-state index in [0.29, 0.717) is 12.2 Å². The Bertz CT molecular complexity index is 682. The summed E-state index contributed by atoms with van der Waals surface area (Å²) >= 11 is 0. The molecule has 0 aliphatic carbocycles. The van der Waals surface area contributed by atoms with Crippen LogP contribution in [0, 0.1) is 0 Å². The molecule has 2 heterocycles. The summed E-state index contributed by atoms with van der Waals surface area (Å²) in [6.45, 7) is 6.46. The quantitative estimate of drug-likeness (QED) is 0.911. The van der Waals surface area contributed by atoms with Gasteiger partial charge in [0.25, 0.3) is 5.56 Å². The molecular formula is C13H17N3O3. The van der Waals surface area contributed by atoms with Crippen LogP contribution < -0.4 is 5.56 Å². The number of carboxylic acid groups (broad SMARTS) is 1. The number of rotatable bonds is 4. The summed E-state index contributed by atoms with van der Waals surface area (Å²) in [6.07, 6.45) is 0.779. The van der Waals surface area contributed by atoms with Crippen LogP contribution in [0.1, 0.15) is 49.3 Å². The van der Waals surface area contributed by atoms with Gasteiger partial charge in [0, 0.05) is 18.7 Å². The molecule has 0 radical (unpaired) electrons. The van der Waals surface area contributed by atoms with Gasteiger partial charge in [-0.2, -0.15) is 9.61 Å². The molecule has 0 bridgehead atoms. The average molecular weight is 263 g/mol. The lowest BCUT2D eigenvalue weighted by Gasteiger charge is -2.10. The molecule has 0 saturated carbocycles. The zero-order valence-electron chi connectivity index (χ0n) is 11.3. The number of carbonyl (C=O) groups is 1. The molecule has 2 aromatic heterocycles. The molecule has 0 saturated heterocycles. The van der Waals surface area contributed by atoms with Crippen molar-refractivity contribution in [1.82, 2.24) is 14.2 Å². The highest BCUT2D eigenvalue weighted by Crippen LogP contribution is 2.16. The highest BCUT2D eigenvalue weighted by atomic mass is 16.4. The van der Waals surface area contributed by atoms with Crippen LogP contribution in [0.3, 0.4) is 0 Å². The summed E-state index contributed by atoms with van der Waals surface area (Å²) in [5, 5.41) is 13.4. The minimum Gasteiger partial charge on any atom is -0.477 e. The van der Waals surface area contributed by atoms with Crippen LogP contribution in [-0.4, -0.2) is 25.3 Å². The van der Waals surface area contributed by atoms with E-state index in [4.69, 9.17) is 0 Å². The van der Waals surface area contributed by atoms with Crippen LogP contribution in [-0.2, 0) is 6.54 Å². The Morgan fingerprint density at radius 3 is 2.63 bits per heavy atom. The van der Waals surface area contributed by atoms with Crippen LogP contribution in [0.5, 0.6) is 0 Å². The molecule has 0 amide bonds. The number of nitrogens with zero attached hydrogens (tertiary/aromatic N) is 3. The predicted octanol–water partition coefficient (Wildman–Crippen LogP) is 1.73. The number of carboxylic acids is 1. The Morgan fingerprint density at radius 2 is 2.11 bits per heavy atom. The Morgan fingerprint density at radius 1 is 1.42 bits per heavy atom. The van der Waals surface area contributed by atoms with Crippen molar-refractivity contribution in [3.8, 4) is 0 Å².